The number of rotatable bonds is 7. The summed E-state index contributed by atoms with van der Waals surface area (Å²) in [5.74, 6) is 0.804. The number of aryl methyl sites for hydroxylation is 2. The van der Waals surface area contributed by atoms with E-state index >= 15 is 0 Å². The number of thiazole rings is 1. The zero-order valence-corrected chi connectivity index (χ0v) is 14.4. The number of nitrogens with one attached hydrogen (secondary N) is 1. The Balaban J connectivity index is 1.77. The van der Waals surface area contributed by atoms with Crippen LogP contribution in [-0.4, -0.2) is 30.8 Å². The molecule has 1 aliphatic heterocycles. The summed E-state index contributed by atoms with van der Waals surface area (Å²) in [5, 5.41) is 4.97. The number of aromatic nitrogens is 1. The third-order valence-electron chi connectivity index (χ3n) is 5.03. The van der Waals surface area contributed by atoms with Crippen molar-refractivity contribution in [1.82, 2.24) is 10.3 Å². The molecule has 21 heavy (non-hydrogen) atoms. The lowest BCUT2D eigenvalue weighted by molar-refractivity contribution is 0.0307. The average Bonchev–Trinajstić information content (AvgIpc) is 3.14. The molecule has 3 rings (SSSR count). The van der Waals surface area contributed by atoms with Gasteiger partial charge in [-0.2, -0.15) is 0 Å². The van der Waals surface area contributed by atoms with Crippen LogP contribution < -0.4 is 5.32 Å². The molecule has 1 aromatic rings. The molecule has 1 N–H and O–H groups in total. The van der Waals surface area contributed by atoms with Crippen LogP contribution >= 0.6 is 11.3 Å². The Hall–Kier alpha value is -0.450. The minimum atomic E-state index is 0.271. The minimum absolute atomic E-state index is 0.271. The van der Waals surface area contributed by atoms with E-state index in [-0.39, 0.29) is 5.41 Å². The first-order valence-corrected chi connectivity index (χ1v) is 9.21. The van der Waals surface area contributed by atoms with Crippen LogP contribution in [0.3, 0.4) is 0 Å². The van der Waals surface area contributed by atoms with Crippen molar-refractivity contribution in [3.63, 3.8) is 0 Å². The molecule has 0 amide bonds. The standard InChI is InChI=1S/C17H28N2OS/c1-4-8-18-11-17(7-9-20-16(17)14-5-6-14)10-15-19-12(2)13(3)21-15/h14,16,18H,4-11H2,1-3H3. The van der Waals surface area contributed by atoms with Gasteiger partial charge in [-0.3, -0.25) is 0 Å². The second-order valence-electron chi connectivity index (χ2n) is 6.84. The van der Waals surface area contributed by atoms with Gasteiger partial charge in [0.2, 0.25) is 0 Å². The minimum Gasteiger partial charge on any atom is -0.377 e. The van der Waals surface area contributed by atoms with E-state index < -0.39 is 0 Å². The van der Waals surface area contributed by atoms with Gasteiger partial charge in [0.05, 0.1) is 16.8 Å². The summed E-state index contributed by atoms with van der Waals surface area (Å²) >= 11 is 1.88. The second-order valence-corrected chi connectivity index (χ2v) is 8.13. The highest BCUT2D eigenvalue weighted by molar-refractivity contribution is 7.11. The maximum absolute atomic E-state index is 6.17. The molecule has 0 radical (unpaired) electrons. The summed E-state index contributed by atoms with van der Waals surface area (Å²) in [6.07, 6.45) is 6.63. The van der Waals surface area contributed by atoms with Gasteiger partial charge in [0, 0.05) is 29.9 Å². The first-order chi connectivity index (χ1) is 10.1. The van der Waals surface area contributed by atoms with Crippen LogP contribution in [-0.2, 0) is 11.2 Å². The summed E-state index contributed by atoms with van der Waals surface area (Å²) in [4.78, 5) is 6.16. The average molecular weight is 308 g/mol. The first-order valence-electron chi connectivity index (χ1n) is 8.40. The molecule has 0 spiro atoms. The zero-order chi connectivity index (χ0) is 14.9. The Labute approximate surface area is 132 Å². The lowest BCUT2D eigenvalue weighted by Crippen LogP contribution is -2.43. The van der Waals surface area contributed by atoms with Crippen molar-refractivity contribution in [1.29, 1.82) is 0 Å². The maximum Gasteiger partial charge on any atom is 0.0937 e. The van der Waals surface area contributed by atoms with E-state index in [9.17, 15) is 0 Å². The van der Waals surface area contributed by atoms with Crippen molar-refractivity contribution >= 4 is 11.3 Å². The number of nitrogens with zero attached hydrogens (tertiary/aromatic N) is 1. The van der Waals surface area contributed by atoms with E-state index in [0.29, 0.717) is 6.10 Å². The molecule has 118 valence electrons. The molecule has 3 nitrogen and oxygen atoms in total. The fourth-order valence-electron chi connectivity index (χ4n) is 3.61. The molecule has 1 saturated heterocycles. The molecule has 4 heteroatoms. The van der Waals surface area contributed by atoms with E-state index in [1.807, 2.05) is 11.3 Å². The highest BCUT2D eigenvalue weighted by Gasteiger charge is 2.51. The molecule has 2 fully saturated rings. The van der Waals surface area contributed by atoms with Crippen LogP contribution in [0.2, 0.25) is 0 Å². The Morgan fingerprint density at radius 2 is 2.19 bits per heavy atom. The molecular formula is C17H28N2OS. The van der Waals surface area contributed by atoms with Gasteiger partial charge in [0.15, 0.2) is 0 Å². The SMILES string of the molecule is CCCNCC1(Cc2nc(C)c(C)s2)CCOC1C1CC1. The quantitative estimate of drug-likeness (QED) is 0.783. The topological polar surface area (TPSA) is 34.2 Å². The van der Waals surface area contributed by atoms with E-state index in [2.05, 4.69) is 26.1 Å². The smallest absolute Gasteiger partial charge is 0.0937 e. The fourth-order valence-corrected chi connectivity index (χ4v) is 4.70. The van der Waals surface area contributed by atoms with E-state index in [1.165, 1.54) is 41.3 Å². The van der Waals surface area contributed by atoms with Crippen molar-refractivity contribution in [2.45, 2.75) is 59.0 Å². The first kappa shape index (κ1) is 15.4. The van der Waals surface area contributed by atoms with Gasteiger partial charge in [-0.15, -0.1) is 11.3 Å². The third-order valence-corrected chi connectivity index (χ3v) is 6.10. The summed E-state index contributed by atoms with van der Waals surface area (Å²) in [6.45, 7) is 9.66. The van der Waals surface area contributed by atoms with Gasteiger partial charge in [-0.05, 0) is 52.0 Å². The molecule has 2 atom stereocenters. The number of ether oxygens (including phenoxy) is 1. The molecule has 2 aliphatic rings. The van der Waals surface area contributed by atoms with Gasteiger partial charge in [-0.1, -0.05) is 6.92 Å². The van der Waals surface area contributed by atoms with Crippen LogP contribution in [0.25, 0.3) is 0 Å². The van der Waals surface area contributed by atoms with Crippen LogP contribution in [0.1, 0.15) is 48.2 Å². The van der Waals surface area contributed by atoms with Crippen molar-refractivity contribution in [2.75, 3.05) is 19.7 Å². The molecule has 2 unspecified atom stereocenters. The summed E-state index contributed by atoms with van der Waals surface area (Å²) < 4.78 is 6.17. The summed E-state index contributed by atoms with van der Waals surface area (Å²) in [5.41, 5.74) is 1.47. The molecule has 2 heterocycles. The highest BCUT2D eigenvalue weighted by Crippen LogP contribution is 2.49. The number of hydrogen-bond acceptors (Lipinski definition) is 4. The lowest BCUT2D eigenvalue weighted by atomic mass is 9.76. The van der Waals surface area contributed by atoms with Crippen molar-refractivity contribution in [2.24, 2.45) is 11.3 Å². The lowest BCUT2D eigenvalue weighted by Gasteiger charge is -2.34. The van der Waals surface area contributed by atoms with Gasteiger partial charge >= 0.3 is 0 Å². The molecule has 0 bridgehead atoms. The molecule has 1 aromatic heterocycles. The summed E-state index contributed by atoms with van der Waals surface area (Å²) in [7, 11) is 0. The Morgan fingerprint density at radius 1 is 1.38 bits per heavy atom. The zero-order valence-electron chi connectivity index (χ0n) is 13.6. The fraction of sp³-hybridized carbons (Fsp3) is 0.824. The molecule has 1 aliphatic carbocycles. The van der Waals surface area contributed by atoms with Gasteiger partial charge < -0.3 is 10.1 Å². The molecule has 1 saturated carbocycles. The van der Waals surface area contributed by atoms with Gasteiger partial charge in [-0.25, -0.2) is 4.98 Å². The van der Waals surface area contributed by atoms with Crippen molar-refractivity contribution < 1.29 is 4.74 Å². The third kappa shape index (κ3) is 3.33. The van der Waals surface area contributed by atoms with Gasteiger partial charge in [0.1, 0.15) is 0 Å². The maximum atomic E-state index is 6.17. The van der Waals surface area contributed by atoms with E-state index in [1.54, 1.807) is 0 Å². The largest absolute Gasteiger partial charge is 0.377 e. The van der Waals surface area contributed by atoms with E-state index in [4.69, 9.17) is 9.72 Å². The monoisotopic (exact) mass is 308 g/mol. The predicted octanol–water partition coefficient (Wildman–Crippen LogP) is 3.49. The Morgan fingerprint density at radius 3 is 2.81 bits per heavy atom. The van der Waals surface area contributed by atoms with Crippen LogP contribution in [0, 0.1) is 25.2 Å². The Kier molecular flexibility index (Phi) is 4.67. The predicted molar refractivity (Wildman–Crippen MR) is 88.0 cm³/mol. The van der Waals surface area contributed by atoms with Crippen molar-refractivity contribution in [3.8, 4) is 0 Å². The van der Waals surface area contributed by atoms with Gasteiger partial charge in [0.25, 0.3) is 0 Å². The molecule has 0 aromatic carbocycles. The van der Waals surface area contributed by atoms with Crippen LogP contribution in [0.15, 0.2) is 0 Å². The highest BCUT2D eigenvalue weighted by atomic mass is 32.1. The molecular weight excluding hydrogens is 280 g/mol. The Bertz CT molecular complexity index is 464. The van der Waals surface area contributed by atoms with Crippen molar-refractivity contribution in [3.05, 3.63) is 15.6 Å². The normalized spacial score (nSPS) is 29.2. The van der Waals surface area contributed by atoms with E-state index in [0.717, 1.165) is 32.0 Å². The van der Waals surface area contributed by atoms with Crippen LogP contribution in [0.5, 0.6) is 0 Å². The summed E-state index contributed by atoms with van der Waals surface area (Å²) in [6, 6.07) is 0. The number of hydrogen-bond donors (Lipinski definition) is 1. The second kappa shape index (κ2) is 6.35. The van der Waals surface area contributed by atoms with Crippen LogP contribution in [0.4, 0.5) is 0 Å².